The van der Waals surface area contributed by atoms with E-state index in [0.29, 0.717) is 28.7 Å². The van der Waals surface area contributed by atoms with Gasteiger partial charge in [-0.1, -0.05) is 0 Å². The van der Waals surface area contributed by atoms with Gasteiger partial charge in [-0.15, -0.1) is 0 Å². The number of carbonyl (C=O) groups is 1. The summed E-state index contributed by atoms with van der Waals surface area (Å²) in [6.07, 6.45) is 3.06. The molecule has 3 N–H and O–H groups in total. The zero-order chi connectivity index (χ0) is 16.8. The fourth-order valence-corrected chi connectivity index (χ4v) is 1.94. The van der Waals surface area contributed by atoms with Gasteiger partial charge in [0.2, 0.25) is 5.91 Å². The lowest BCUT2D eigenvalue weighted by Gasteiger charge is -2.07. The highest BCUT2D eigenvalue weighted by Crippen LogP contribution is 2.25. The van der Waals surface area contributed by atoms with E-state index < -0.39 is 0 Å². The molecule has 1 heterocycles. The van der Waals surface area contributed by atoms with Crippen molar-refractivity contribution in [2.45, 2.75) is 6.92 Å². The average molecular weight is 313 g/mol. The fourth-order valence-electron chi connectivity index (χ4n) is 1.94. The largest absolute Gasteiger partial charge is 0.497 e. The second-order valence-electron chi connectivity index (χ2n) is 4.80. The summed E-state index contributed by atoms with van der Waals surface area (Å²) >= 11 is 0. The Kier molecular flexibility index (Phi) is 5.19. The van der Waals surface area contributed by atoms with Crippen LogP contribution >= 0.6 is 0 Å². The first-order valence-corrected chi connectivity index (χ1v) is 6.97. The van der Waals surface area contributed by atoms with Crippen LogP contribution in [0, 0.1) is 6.92 Å². The number of aryl methyl sites for hydroxylation is 1. The standard InChI is InChI=1S/C17H19N3O3/c1-11-14(18)6-8-16(19-11)20-17(21)9-4-12-10-13(22-2)5-7-15(12)23-3/h4-10H,18H2,1-3H3,(H,19,20,21)/b9-4+. The number of rotatable bonds is 5. The number of benzene rings is 1. The minimum Gasteiger partial charge on any atom is -0.497 e. The van der Waals surface area contributed by atoms with Gasteiger partial charge in [0.15, 0.2) is 0 Å². The predicted octanol–water partition coefficient (Wildman–Crippen LogP) is 2.64. The molecule has 1 aromatic heterocycles. The number of nitrogens with two attached hydrogens (primary N) is 1. The predicted molar refractivity (Wildman–Crippen MR) is 90.6 cm³/mol. The second kappa shape index (κ2) is 7.31. The van der Waals surface area contributed by atoms with Crippen LogP contribution < -0.4 is 20.5 Å². The summed E-state index contributed by atoms with van der Waals surface area (Å²) in [7, 11) is 3.15. The number of nitrogen functional groups attached to an aromatic ring is 1. The highest BCUT2D eigenvalue weighted by molar-refractivity contribution is 6.01. The molecule has 0 radical (unpaired) electrons. The van der Waals surface area contributed by atoms with Crippen LogP contribution in [0.25, 0.3) is 6.08 Å². The number of hydrogen-bond acceptors (Lipinski definition) is 5. The number of ether oxygens (including phenoxy) is 2. The van der Waals surface area contributed by atoms with E-state index in [-0.39, 0.29) is 5.91 Å². The van der Waals surface area contributed by atoms with E-state index >= 15 is 0 Å². The molecule has 0 atom stereocenters. The van der Waals surface area contributed by atoms with Gasteiger partial charge in [-0.3, -0.25) is 4.79 Å². The van der Waals surface area contributed by atoms with E-state index in [2.05, 4.69) is 10.3 Å². The molecule has 2 aromatic rings. The summed E-state index contributed by atoms with van der Waals surface area (Å²) in [6, 6.07) is 8.71. The van der Waals surface area contributed by atoms with Crippen molar-refractivity contribution in [1.29, 1.82) is 0 Å². The zero-order valence-corrected chi connectivity index (χ0v) is 13.3. The lowest BCUT2D eigenvalue weighted by atomic mass is 10.1. The summed E-state index contributed by atoms with van der Waals surface area (Å²) in [4.78, 5) is 16.2. The van der Waals surface area contributed by atoms with Crippen molar-refractivity contribution in [3.63, 3.8) is 0 Å². The molecule has 0 unspecified atom stereocenters. The molecule has 0 aliphatic rings. The van der Waals surface area contributed by atoms with Crippen molar-refractivity contribution >= 4 is 23.5 Å². The Morgan fingerprint density at radius 2 is 2.00 bits per heavy atom. The molecule has 1 aromatic carbocycles. The molecule has 6 heteroatoms. The van der Waals surface area contributed by atoms with Crippen molar-refractivity contribution in [3.8, 4) is 11.5 Å². The van der Waals surface area contributed by atoms with Crippen LogP contribution in [-0.2, 0) is 4.79 Å². The Balaban J connectivity index is 2.13. The molecule has 0 aliphatic heterocycles. The van der Waals surface area contributed by atoms with Crippen LogP contribution in [0.2, 0.25) is 0 Å². The maximum absolute atomic E-state index is 12.0. The van der Waals surface area contributed by atoms with E-state index in [9.17, 15) is 4.79 Å². The van der Waals surface area contributed by atoms with Gasteiger partial charge in [0.25, 0.3) is 0 Å². The molecule has 23 heavy (non-hydrogen) atoms. The summed E-state index contributed by atoms with van der Waals surface area (Å²) < 4.78 is 10.4. The molecule has 0 fully saturated rings. The summed E-state index contributed by atoms with van der Waals surface area (Å²) in [6.45, 7) is 1.78. The van der Waals surface area contributed by atoms with Crippen LogP contribution in [0.5, 0.6) is 11.5 Å². The normalized spacial score (nSPS) is 10.6. The van der Waals surface area contributed by atoms with Gasteiger partial charge in [0.05, 0.1) is 25.6 Å². The van der Waals surface area contributed by atoms with Gasteiger partial charge in [0, 0.05) is 11.6 Å². The van der Waals surface area contributed by atoms with Crippen LogP contribution in [0.15, 0.2) is 36.4 Å². The molecular formula is C17H19N3O3. The van der Waals surface area contributed by atoms with Gasteiger partial charge < -0.3 is 20.5 Å². The molecule has 0 saturated heterocycles. The van der Waals surface area contributed by atoms with E-state index in [1.54, 1.807) is 57.6 Å². The van der Waals surface area contributed by atoms with Gasteiger partial charge >= 0.3 is 0 Å². The Labute approximate surface area is 134 Å². The van der Waals surface area contributed by atoms with Gasteiger partial charge in [-0.25, -0.2) is 4.98 Å². The first kappa shape index (κ1) is 16.4. The van der Waals surface area contributed by atoms with E-state index in [1.165, 1.54) is 6.08 Å². The smallest absolute Gasteiger partial charge is 0.249 e. The molecule has 2 rings (SSSR count). The Morgan fingerprint density at radius 3 is 2.65 bits per heavy atom. The fraction of sp³-hybridized carbons (Fsp3) is 0.176. The number of pyridine rings is 1. The monoisotopic (exact) mass is 313 g/mol. The average Bonchev–Trinajstić information content (AvgIpc) is 2.56. The summed E-state index contributed by atoms with van der Waals surface area (Å²) in [5.41, 5.74) is 7.69. The molecule has 0 bridgehead atoms. The topological polar surface area (TPSA) is 86.5 Å². The molecule has 1 amide bonds. The number of anilines is 2. The molecule has 0 spiro atoms. The third kappa shape index (κ3) is 4.23. The van der Waals surface area contributed by atoms with Crippen LogP contribution in [-0.4, -0.2) is 25.1 Å². The maximum Gasteiger partial charge on any atom is 0.249 e. The quantitative estimate of drug-likeness (QED) is 0.829. The molecule has 0 saturated carbocycles. The number of hydrogen-bond donors (Lipinski definition) is 2. The second-order valence-corrected chi connectivity index (χ2v) is 4.80. The zero-order valence-electron chi connectivity index (χ0n) is 13.3. The third-order valence-corrected chi connectivity index (χ3v) is 3.23. The minimum absolute atomic E-state index is 0.299. The first-order valence-electron chi connectivity index (χ1n) is 6.97. The molecular weight excluding hydrogens is 294 g/mol. The van der Waals surface area contributed by atoms with Gasteiger partial charge in [0.1, 0.15) is 17.3 Å². The lowest BCUT2D eigenvalue weighted by molar-refractivity contribution is -0.111. The van der Waals surface area contributed by atoms with Crippen LogP contribution in [0.3, 0.4) is 0 Å². The van der Waals surface area contributed by atoms with Crippen molar-refractivity contribution in [3.05, 3.63) is 47.7 Å². The Bertz CT molecular complexity index is 742. The van der Waals surface area contributed by atoms with Gasteiger partial charge in [-0.2, -0.15) is 0 Å². The third-order valence-electron chi connectivity index (χ3n) is 3.23. The molecule has 6 nitrogen and oxygen atoms in total. The van der Waals surface area contributed by atoms with E-state index in [0.717, 1.165) is 5.56 Å². The van der Waals surface area contributed by atoms with Crippen molar-refractivity contribution in [2.75, 3.05) is 25.3 Å². The lowest BCUT2D eigenvalue weighted by Crippen LogP contribution is -2.10. The summed E-state index contributed by atoms with van der Waals surface area (Å²) in [5, 5.41) is 2.68. The van der Waals surface area contributed by atoms with Crippen molar-refractivity contribution in [1.82, 2.24) is 4.98 Å². The Hall–Kier alpha value is -3.02. The number of nitrogens with zero attached hydrogens (tertiary/aromatic N) is 1. The highest BCUT2D eigenvalue weighted by atomic mass is 16.5. The molecule has 120 valence electrons. The SMILES string of the molecule is COc1ccc(OC)c(/C=C/C(=O)Nc2ccc(N)c(C)n2)c1. The number of methoxy groups -OCH3 is 2. The van der Waals surface area contributed by atoms with E-state index in [4.69, 9.17) is 15.2 Å². The van der Waals surface area contributed by atoms with Crippen molar-refractivity contribution < 1.29 is 14.3 Å². The first-order chi connectivity index (χ1) is 11.0. The molecule has 0 aliphatic carbocycles. The van der Waals surface area contributed by atoms with Crippen LogP contribution in [0.1, 0.15) is 11.3 Å². The number of amides is 1. The van der Waals surface area contributed by atoms with Crippen molar-refractivity contribution in [2.24, 2.45) is 0 Å². The number of nitrogens with one attached hydrogen (secondary N) is 1. The number of carbonyl (C=O) groups excluding carboxylic acids is 1. The minimum atomic E-state index is -0.299. The van der Waals surface area contributed by atoms with Gasteiger partial charge in [-0.05, 0) is 43.3 Å². The number of aromatic nitrogens is 1. The van der Waals surface area contributed by atoms with Crippen LogP contribution in [0.4, 0.5) is 11.5 Å². The highest BCUT2D eigenvalue weighted by Gasteiger charge is 2.04. The maximum atomic E-state index is 12.0. The Morgan fingerprint density at radius 1 is 1.22 bits per heavy atom. The van der Waals surface area contributed by atoms with E-state index in [1.807, 2.05) is 0 Å². The summed E-state index contributed by atoms with van der Waals surface area (Å²) in [5.74, 6) is 1.48.